The van der Waals surface area contributed by atoms with Gasteiger partial charge in [-0.3, -0.25) is 9.79 Å². The van der Waals surface area contributed by atoms with E-state index in [1.165, 1.54) is 0 Å². The number of carbonyl (C=O) groups is 1. The Kier molecular flexibility index (Phi) is 10.4. The van der Waals surface area contributed by atoms with Gasteiger partial charge in [-0.1, -0.05) is 0 Å². The maximum atomic E-state index is 11.7. The van der Waals surface area contributed by atoms with Crippen molar-refractivity contribution in [1.29, 1.82) is 0 Å². The summed E-state index contributed by atoms with van der Waals surface area (Å²) >= 11 is 0. The second-order valence-corrected chi connectivity index (χ2v) is 6.35. The van der Waals surface area contributed by atoms with Gasteiger partial charge in [-0.2, -0.15) is 0 Å². The van der Waals surface area contributed by atoms with E-state index >= 15 is 0 Å². The fourth-order valence-corrected chi connectivity index (χ4v) is 2.70. The van der Waals surface area contributed by atoms with Gasteiger partial charge < -0.3 is 25.0 Å². The summed E-state index contributed by atoms with van der Waals surface area (Å²) in [5.41, 5.74) is 0. The number of piperidine rings is 1. The first-order valence-electron chi connectivity index (χ1n) is 8.92. The number of ether oxygens (including phenoxy) is 2. The van der Waals surface area contributed by atoms with Crippen molar-refractivity contribution in [3.05, 3.63) is 0 Å². The van der Waals surface area contributed by atoms with Gasteiger partial charge in [0, 0.05) is 59.5 Å². The summed E-state index contributed by atoms with van der Waals surface area (Å²) < 4.78 is 10.9. The minimum Gasteiger partial charge on any atom is -0.385 e. The molecule has 1 heterocycles. The molecule has 0 atom stereocenters. The van der Waals surface area contributed by atoms with Crippen LogP contribution in [-0.2, 0) is 14.3 Å². The van der Waals surface area contributed by atoms with Crippen LogP contribution in [0.3, 0.4) is 0 Å². The van der Waals surface area contributed by atoms with Crippen LogP contribution in [0, 0.1) is 0 Å². The Morgan fingerprint density at radius 2 is 2.00 bits per heavy atom. The number of methoxy groups -OCH3 is 1. The first-order valence-corrected chi connectivity index (χ1v) is 8.92. The summed E-state index contributed by atoms with van der Waals surface area (Å²) in [7, 11) is 3.49. The van der Waals surface area contributed by atoms with Crippen molar-refractivity contribution in [2.24, 2.45) is 4.99 Å². The predicted octanol–water partition coefficient (Wildman–Crippen LogP) is 0.994. The highest BCUT2D eigenvalue weighted by atomic mass is 16.5. The highest BCUT2D eigenvalue weighted by Crippen LogP contribution is 2.14. The molecule has 140 valence electrons. The van der Waals surface area contributed by atoms with Gasteiger partial charge in [-0.15, -0.1) is 0 Å². The van der Waals surface area contributed by atoms with Gasteiger partial charge >= 0.3 is 0 Å². The molecule has 24 heavy (non-hydrogen) atoms. The van der Waals surface area contributed by atoms with E-state index in [1.54, 1.807) is 14.2 Å². The lowest BCUT2D eigenvalue weighted by molar-refractivity contribution is -0.121. The Bertz CT molecular complexity index is 380. The zero-order chi connectivity index (χ0) is 17.8. The lowest BCUT2D eigenvalue weighted by Crippen LogP contribution is -2.47. The number of hydrogen-bond donors (Lipinski definition) is 2. The lowest BCUT2D eigenvalue weighted by atomic mass is 10.1. The van der Waals surface area contributed by atoms with Crippen LogP contribution in [0.5, 0.6) is 0 Å². The molecule has 7 nitrogen and oxygen atoms in total. The van der Waals surface area contributed by atoms with Crippen LogP contribution >= 0.6 is 0 Å². The highest BCUT2D eigenvalue weighted by Gasteiger charge is 2.21. The average Bonchev–Trinajstić information content (AvgIpc) is 2.56. The molecule has 1 amide bonds. The standard InChI is InChI=1S/C17H34N4O3/c1-14(2)20-16(22)6-9-19-17(18-3)21-10-7-15(8-11-21)24-13-5-12-23-4/h14-15H,5-13H2,1-4H3,(H,18,19)(H,20,22). The molecule has 0 aromatic carbocycles. The van der Waals surface area contributed by atoms with Crippen LogP contribution in [0.1, 0.15) is 39.5 Å². The molecular formula is C17H34N4O3. The second-order valence-electron chi connectivity index (χ2n) is 6.35. The van der Waals surface area contributed by atoms with E-state index in [-0.39, 0.29) is 11.9 Å². The van der Waals surface area contributed by atoms with Crippen molar-refractivity contribution in [3.8, 4) is 0 Å². The zero-order valence-electron chi connectivity index (χ0n) is 15.6. The van der Waals surface area contributed by atoms with Gasteiger partial charge in [-0.05, 0) is 33.1 Å². The molecular weight excluding hydrogens is 308 g/mol. The lowest BCUT2D eigenvalue weighted by Gasteiger charge is -2.34. The molecule has 2 N–H and O–H groups in total. The predicted molar refractivity (Wildman–Crippen MR) is 96.3 cm³/mol. The number of nitrogens with zero attached hydrogens (tertiary/aromatic N) is 2. The van der Waals surface area contributed by atoms with Crippen LogP contribution in [-0.4, -0.2) is 75.9 Å². The summed E-state index contributed by atoms with van der Waals surface area (Å²) in [4.78, 5) is 18.2. The topological polar surface area (TPSA) is 75.2 Å². The van der Waals surface area contributed by atoms with Crippen LogP contribution in [0.4, 0.5) is 0 Å². The van der Waals surface area contributed by atoms with Gasteiger partial charge in [0.1, 0.15) is 0 Å². The smallest absolute Gasteiger partial charge is 0.221 e. The Morgan fingerprint density at radius 1 is 1.29 bits per heavy atom. The van der Waals surface area contributed by atoms with Gasteiger partial charge in [0.2, 0.25) is 5.91 Å². The normalized spacial score (nSPS) is 16.5. The van der Waals surface area contributed by atoms with Crippen LogP contribution < -0.4 is 10.6 Å². The third-order valence-corrected chi connectivity index (χ3v) is 3.88. The van der Waals surface area contributed by atoms with Crippen molar-refractivity contribution >= 4 is 11.9 Å². The molecule has 1 aliphatic rings. The number of amides is 1. The molecule has 1 fully saturated rings. The summed E-state index contributed by atoms with van der Waals surface area (Å²) in [5.74, 6) is 0.932. The van der Waals surface area contributed by atoms with Crippen LogP contribution in [0.25, 0.3) is 0 Å². The van der Waals surface area contributed by atoms with E-state index in [2.05, 4.69) is 20.5 Å². The molecule has 1 rings (SSSR count). The van der Waals surface area contributed by atoms with E-state index in [0.717, 1.165) is 51.5 Å². The van der Waals surface area contributed by atoms with E-state index in [1.807, 2.05) is 13.8 Å². The molecule has 1 saturated heterocycles. The molecule has 7 heteroatoms. The number of hydrogen-bond acceptors (Lipinski definition) is 4. The highest BCUT2D eigenvalue weighted by molar-refractivity contribution is 5.81. The van der Waals surface area contributed by atoms with Crippen molar-refractivity contribution < 1.29 is 14.3 Å². The van der Waals surface area contributed by atoms with Gasteiger partial charge in [0.05, 0.1) is 6.10 Å². The third kappa shape index (κ3) is 8.49. The van der Waals surface area contributed by atoms with Gasteiger partial charge in [0.25, 0.3) is 0 Å². The Morgan fingerprint density at radius 3 is 2.58 bits per heavy atom. The fraction of sp³-hybridized carbons (Fsp3) is 0.882. The maximum absolute atomic E-state index is 11.7. The third-order valence-electron chi connectivity index (χ3n) is 3.88. The maximum Gasteiger partial charge on any atom is 0.221 e. The Hall–Kier alpha value is -1.34. The Labute approximate surface area is 146 Å². The molecule has 0 aromatic heterocycles. The van der Waals surface area contributed by atoms with Crippen molar-refractivity contribution in [3.63, 3.8) is 0 Å². The van der Waals surface area contributed by atoms with Crippen molar-refractivity contribution in [2.75, 3.05) is 47.0 Å². The van der Waals surface area contributed by atoms with Gasteiger partial charge in [-0.25, -0.2) is 0 Å². The quantitative estimate of drug-likeness (QED) is 0.371. The van der Waals surface area contributed by atoms with E-state index in [4.69, 9.17) is 9.47 Å². The van der Waals surface area contributed by atoms with Crippen molar-refractivity contribution in [2.45, 2.75) is 51.7 Å². The van der Waals surface area contributed by atoms with E-state index < -0.39 is 0 Å². The Balaban J connectivity index is 2.22. The van der Waals surface area contributed by atoms with Gasteiger partial charge in [0.15, 0.2) is 5.96 Å². The number of nitrogens with one attached hydrogen (secondary N) is 2. The number of rotatable bonds is 9. The first-order chi connectivity index (χ1) is 11.6. The van der Waals surface area contributed by atoms with Crippen LogP contribution in [0.15, 0.2) is 4.99 Å². The molecule has 0 spiro atoms. The summed E-state index contributed by atoms with van der Waals surface area (Å²) in [6.07, 6.45) is 3.73. The molecule has 0 aliphatic carbocycles. The minimum absolute atomic E-state index is 0.0659. The first kappa shape index (κ1) is 20.7. The summed E-state index contributed by atoms with van der Waals surface area (Å²) in [6, 6.07) is 0.180. The number of aliphatic imine (C=N–C) groups is 1. The molecule has 0 aromatic rings. The van der Waals surface area contributed by atoms with Crippen LogP contribution in [0.2, 0.25) is 0 Å². The average molecular weight is 342 g/mol. The fourth-order valence-electron chi connectivity index (χ4n) is 2.70. The number of carbonyl (C=O) groups excluding carboxylic acids is 1. The van der Waals surface area contributed by atoms with E-state index in [9.17, 15) is 4.79 Å². The largest absolute Gasteiger partial charge is 0.385 e. The summed E-state index contributed by atoms with van der Waals surface area (Å²) in [6.45, 7) is 7.88. The molecule has 1 aliphatic heterocycles. The molecule has 0 saturated carbocycles. The SMILES string of the molecule is CN=C(NCCC(=O)NC(C)C)N1CCC(OCCCOC)CC1. The number of likely N-dealkylation sites (tertiary alicyclic amines) is 1. The monoisotopic (exact) mass is 342 g/mol. The molecule has 0 bridgehead atoms. The molecule has 0 radical (unpaired) electrons. The molecule has 0 unspecified atom stereocenters. The second kappa shape index (κ2) is 12.1. The van der Waals surface area contributed by atoms with E-state index in [0.29, 0.717) is 19.1 Å². The minimum atomic E-state index is 0.0659. The number of guanidine groups is 1. The van der Waals surface area contributed by atoms with Crippen molar-refractivity contribution in [1.82, 2.24) is 15.5 Å². The zero-order valence-corrected chi connectivity index (χ0v) is 15.6. The summed E-state index contributed by atoms with van der Waals surface area (Å²) in [5, 5.41) is 6.17.